The summed E-state index contributed by atoms with van der Waals surface area (Å²) in [6, 6.07) is 5.99. The summed E-state index contributed by atoms with van der Waals surface area (Å²) in [5, 5.41) is 3.02. The molecule has 1 fully saturated rings. The normalized spacial score (nSPS) is 17.3. The molecule has 0 radical (unpaired) electrons. The van der Waals surface area contributed by atoms with Gasteiger partial charge in [-0.1, -0.05) is 18.1 Å². The molecule has 1 aromatic rings. The van der Waals surface area contributed by atoms with Gasteiger partial charge in [-0.25, -0.2) is 0 Å². The minimum atomic E-state index is -0.0736. The Morgan fingerprint density at radius 1 is 1.33 bits per heavy atom. The number of carbonyl (C=O) groups is 1. The van der Waals surface area contributed by atoms with Gasteiger partial charge in [-0.15, -0.1) is 0 Å². The van der Waals surface area contributed by atoms with Gasteiger partial charge in [0.15, 0.2) is 0 Å². The van der Waals surface area contributed by atoms with Gasteiger partial charge in [0.1, 0.15) is 0 Å². The average Bonchev–Trinajstić information content (AvgIpc) is 2.53. The van der Waals surface area contributed by atoms with Crippen LogP contribution in [0.25, 0.3) is 0 Å². The van der Waals surface area contributed by atoms with E-state index in [9.17, 15) is 4.79 Å². The summed E-state index contributed by atoms with van der Waals surface area (Å²) in [4.78, 5) is 14.8. The zero-order valence-electron chi connectivity index (χ0n) is 13.0. The number of likely N-dealkylation sites (tertiary alicyclic amines) is 1. The number of hydrogen-bond acceptors (Lipinski definition) is 4. The van der Waals surface area contributed by atoms with Crippen molar-refractivity contribution < 1.29 is 4.79 Å². The van der Waals surface area contributed by atoms with Crippen molar-refractivity contribution in [3.8, 4) is 0 Å². The van der Waals surface area contributed by atoms with Crippen molar-refractivity contribution in [1.29, 1.82) is 0 Å². The Hall–Kier alpha value is -1.59. The lowest BCUT2D eigenvalue weighted by Crippen LogP contribution is -2.44. The Morgan fingerprint density at radius 3 is 2.71 bits per heavy atom. The van der Waals surface area contributed by atoms with Crippen molar-refractivity contribution in [2.75, 3.05) is 25.1 Å². The maximum Gasteiger partial charge on any atom is 0.253 e. The molecule has 1 unspecified atom stereocenters. The van der Waals surface area contributed by atoms with Gasteiger partial charge in [0.2, 0.25) is 0 Å². The van der Waals surface area contributed by atoms with E-state index >= 15 is 0 Å². The Labute approximate surface area is 126 Å². The van der Waals surface area contributed by atoms with E-state index < -0.39 is 0 Å². The fraction of sp³-hybridized carbons (Fsp3) is 0.562. The highest BCUT2D eigenvalue weighted by molar-refractivity contribution is 5.99. The first-order valence-corrected chi connectivity index (χ1v) is 7.71. The van der Waals surface area contributed by atoms with E-state index in [0.717, 1.165) is 18.7 Å². The van der Waals surface area contributed by atoms with Crippen LogP contribution in [0.1, 0.15) is 42.1 Å². The third-order valence-electron chi connectivity index (χ3n) is 4.15. The standard InChI is InChI=1S/C16H26N4O/c1-12-6-7-15(19-17)14(10-12)16(21)18-11-13(2)20-8-4-3-5-9-20/h6-7,10,13,19H,3-5,8-9,11,17H2,1-2H3,(H,18,21). The molecule has 4 N–H and O–H groups in total. The Morgan fingerprint density at radius 2 is 2.05 bits per heavy atom. The lowest BCUT2D eigenvalue weighted by atomic mass is 10.1. The zero-order valence-corrected chi connectivity index (χ0v) is 13.0. The number of anilines is 1. The molecule has 1 aromatic carbocycles. The molecule has 0 aliphatic carbocycles. The Bertz CT molecular complexity index is 483. The molecular weight excluding hydrogens is 264 g/mol. The predicted octanol–water partition coefficient (Wildman–Crippen LogP) is 1.88. The number of aryl methyl sites for hydroxylation is 1. The van der Waals surface area contributed by atoms with Crippen molar-refractivity contribution in [3.63, 3.8) is 0 Å². The van der Waals surface area contributed by atoms with Crippen molar-refractivity contribution in [1.82, 2.24) is 10.2 Å². The van der Waals surface area contributed by atoms with Gasteiger partial charge in [-0.3, -0.25) is 15.5 Å². The number of rotatable bonds is 5. The summed E-state index contributed by atoms with van der Waals surface area (Å²) in [6.07, 6.45) is 3.85. The second-order valence-electron chi connectivity index (χ2n) is 5.85. The molecule has 1 aliphatic rings. The Kier molecular flexibility index (Phi) is 5.59. The van der Waals surface area contributed by atoms with Crippen molar-refractivity contribution in [2.24, 2.45) is 5.84 Å². The van der Waals surface area contributed by atoms with Gasteiger partial charge in [0, 0.05) is 12.6 Å². The van der Waals surface area contributed by atoms with Crippen LogP contribution in [0.5, 0.6) is 0 Å². The molecule has 1 saturated heterocycles. The van der Waals surface area contributed by atoms with E-state index in [1.54, 1.807) is 0 Å². The van der Waals surface area contributed by atoms with Gasteiger partial charge in [0.25, 0.3) is 5.91 Å². The minimum Gasteiger partial charge on any atom is -0.350 e. The minimum absolute atomic E-state index is 0.0736. The van der Waals surface area contributed by atoms with E-state index in [1.165, 1.54) is 19.3 Å². The molecule has 21 heavy (non-hydrogen) atoms. The molecule has 2 rings (SSSR count). The third kappa shape index (κ3) is 4.19. The van der Waals surface area contributed by atoms with Gasteiger partial charge in [0.05, 0.1) is 11.3 Å². The zero-order chi connectivity index (χ0) is 15.2. The summed E-state index contributed by atoms with van der Waals surface area (Å²) >= 11 is 0. The van der Waals surface area contributed by atoms with Gasteiger partial charge < -0.3 is 10.7 Å². The quantitative estimate of drug-likeness (QED) is 0.572. The van der Waals surface area contributed by atoms with Crippen LogP contribution in [0.3, 0.4) is 0 Å². The molecule has 5 nitrogen and oxygen atoms in total. The monoisotopic (exact) mass is 290 g/mol. The first kappa shape index (κ1) is 15.8. The fourth-order valence-electron chi connectivity index (χ4n) is 2.80. The molecule has 0 bridgehead atoms. The van der Waals surface area contributed by atoms with Crippen LogP contribution in [-0.2, 0) is 0 Å². The highest BCUT2D eigenvalue weighted by Crippen LogP contribution is 2.16. The molecule has 1 aliphatic heterocycles. The van der Waals surface area contributed by atoms with Gasteiger partial charge >= 0.3 is 0 Å². The second-order valence-corrected chi connectivity index (χ2v) is 5.85. The number of carbonyl (C=O) groups excluding carboxylic acids is 1. The first-order valence-electron chi connectivity index (χ1n) is 7.71. The topological polar surface area (TPSA) is 70.4 Å². The molecule has 0 aromatic heterocycles. The van der Waals surface area contributed by atoms with Crippen molar-refractivity contribution in [2.45, 2.75) is 39.2 Å². The van der Waals surface area contributed by atoms with Crippen molar-refractivity contribution >= 4 is 11.6 Å². The first-order chi connectivity index (χ1) is 10.1. The largest absolute Gasteiger partial charge is 0.350 e. The van der Waals surface area contributed by atoms with E-state index in [4.69, 9.17) is 5.84 Å². The lowest BCUT2D eigenvalue weighted by molar-refractivity contribution is 0.0930. The molecule has 1 atom stereocenters. The third-order valence-corrected chi connectivity index (χ3v) is 4.15. The number of nitrogen functional groups attached to an aromatic ring is 1. The maximum atomic E-state index is 12.3. The van der Waals surface area contributed by atoms with Crippen LogP contribution in [0, 0.1) is 6.92 Å². The van der Waals surface area contributed by atoms with Crippen LogP contribution in [0.4, 0.5) is 5.69 Å². The maximum absolute atomic E-state index is 12.3. The smallest absolute Gasteiger partial charge is 0.253 e. The number of nitrogens with zero attached hydrogens (tertiary/aromatic N) is 1. The number of hydrazine groups is 1. The van der Waals surface area contributed by atoms with E-state index in [1.807, 2.05) is 25.1 Å². The van der Waals surface area contributed by atoms with Crippen LogP contribution in [-0.4, -0.2) is 36.5 Å². The van der Waals surface area contributed by atoms with Gasteiger partial charge in [-0.05, 0) is 51.9 Å². The number of amides is 1. The number of nitrogens with two attached hydrogens (primary N) is 1. The summed E-state index contributed by atoms with van der Waals surface area (Å²) in [6.45, 7) is 7.07. The summed E-state index contributed by atoms with van der Waals surface area (Å²) in [5.41, 5.74) is 4.88. The van der Waals surface area contributed by atoms with Crippen LogP contribution >= 0.6 is 0 Å². The molecule has 1 amide bonds. The summed E-state index contributed by atoms with van der Waals surface area (Å²) in [7, 11) is 0. The number of piperidine rings is 1. The van der Waals surface area contributed by atoms with E-state index in [0.29, 0.717) is 23.8 Å². The van der Waals surface area contributed by atoms with Gasteiger partial charge in [-0.2, -0.15) is 0 Å². The second kappa shape index (κ2) is 7.43. The highest BCUT2D eigenvalue weighted by atomic mass is 16.1. The lowest BCUT2D eigenvalue weighted by Gasteiger charge is -2.32. The average molecular weight is 290 g/mol. The van der Waals surface area contributed by atoms with Crippen LogP contribution in [0.2, 0.25) is 0 Å². The summed E-state index contributed by atoms with van der Waals surface area (Å²) < 4.78 is 0. The molecule has 116 valence electrons. The molecular formula is C16H26N4O. The van der Waals surface area contributed by atoms with Crippen LogP contribution in [0.15, 0.2) is 18.2 Å². The molecule has 0 spiro atoms. The number of benzene rings is 1. The fourth-order valence-corrected chi connectivity index (χ4v) is 2.80. The number of hydrogen-bond donors (Lipinski definition) is 3. The summed E-state index contributed by atoms with van der Waals surface area (Å²) in [5.74, 6) is 5.40. The SMILES string of the molecule is Cc1ccc(NN)c(C(=O)NCC(C)N2CCCCC2)c1. The predicted molar refractivity (Wildman–Crippen MR) is 86.2 cm³/mol. The van der Waals surface area contributed by atoms with E-state index in [2.05, 4.69) is 22.6 Å². The van der Waals surface area contributed by atoms with Crippen LogP contribution < -0.4 is 16.6 Å². The molecule has 0 saturated carbocycles. The highest BCUT2D eigenvalue weighted by Gasteiger charge is 2.18. The molecule has 5 heteroatoms. The Balaban J connectivity index is 1.93. The number of nitrogens with one attached hydrogen (secondary N) is 2. The van der Waals surface area contributed by atoms with Crippen molar-refractivity contribution in [3.05, 3.63) is 29.3 Å². The van der Waals surface area contributed by atoms with E-state index in [-0.39, 0.29) is 5.91 Å². The molecule has 1 heterocycles.